The van der Waals surface area contributed by atoms with Crippen LogP contribution < -0.4 is 4.74 Å². The van der Waals surface area contributed by atoms with Gasteiger partial charge in [0.05, 0.1) is 7.11 Å². The molecule has 2 nitrogen and oxygen atoms in total. The van der Waals surface area contributed by atoms with Crippen molar-refractivity contribution in [3.63, 3.8) is 0 Å². The van der Waals surface area contributed by atoms with E-state index in [1.807, 2.05) is 60.7 Å². The summed E-state index contributed by atoms with van der Waals surface area (Å²) in [6, 6.07) is 23.1. The first kappa shape index (κ1) is 20.0. The summed E-state index contributed by atoms with van der Waals surface area (Å²) in [5.74, 6) is 0.840. The first-order valence-electron chi connectivity index (χ1n) is 8.40. The van der Waals surface area contributed by atoms with Crippen LogP contribution in [0, 0.1) is 0 Å². The van der Waals surface area contributed by atoms with Crippen molar-refractivity contribution >= 4 is 45.1 Å². The lowest BCUT2D eigenvalue weighted by molar-refractivity contribution is 0.0982. The summed E-state index contributed by atoms with van der Waals surface area (Å²) in [7, 11) is 1.61. The van der Waals surface area contributed by atoms with Crippen LogP contribution in [0.15, 0.2) is 82.2 Å². The van der Waals surface area contributed by atoms with Gasteiger partial charge in [0.2, 0.25) is 0 Å². The maximum atomic E-state index is 12.9. The molecule has 0 radical (unpaired) electrons. The van der Waals surface area contributed by atoms with Gasteiger partial charge in [-0.1, -0.05) is 39.7 Å². The molecule has 0 unspecified atom stereocenters. The second-order valence-electron chi connectivity index (χ2n) is 5.97. The van der Waals surface area contributed by atoms with E-state index >= 15 is 0 Å². The molecule has 0 heterocycles. The van der Waals surface area contributed by atoms with E-state index in [4.69, 9.17) is 16.3 Å². The number of carbonyl (C=O) groups excluding carboxylic acids is 1. The highest BCUT2D eigenvalue weighted by atomic mass is 79.9. The van der Waals surface area contributed by atoms with Crippen LogP contribution in [0.25, 0.3) is 0 Å². The topological polar surface area (TPSA) is 26.3 Å². The lowest BCUT2D eigenvalue weighted by atomic mass is 10.0. The second-order valence-corrected chi connectivity index (χ2v) is 8.60. The van der Waals surface area contributed by atoms with Gasteiger partial charge in [0.1, 0.15) is 5.75 Å². The van der Waals surface area contributed by atoms with Crippen LogP contribution >= 0.6 is 39.3 Å². The van der Waals surface area contributed by atoms with Crippen LogP contribution in [0.4, 0.5) is 0 Å². The maximum Gasteiger partial charge on any atom is 0.164 e. The number of ketones is 1. The van der Waals surface area contributed by atoms with Crippen LogP contribution in [-0.2, 0) is 0 Å². The quantitative estimate of drug-likeness (QED) is 0.274. The minimum atomic E-state index is -0.00181. The minimum absolute atomic E-state index is 0.00181. The summed E-state index contributed by atoms with van der Waals surface area (Å²) < 4.78 is 6.20. The molecule has 0 saturated heterocycles. The van der Waals surface area contributed by atoms with E-state index in [1.54, 1.807) is 18.9 Å². The normalized spacial score (nSPS) is 11.8. The summed E-state index contributed by atoms with van der Waals surface area (Å²) in [4.78, 5) is 14.0. The fourth-order valence-electron chi connectivity index (χ4n) is 2.65. The van der Waals surface area contributed by atoms with E-state index < -0.39 is 0 Å². The van der Waals surface area contributed by atoms with Gasteiger partial charge in [0.25, 0.3) is 0 Å². The zero-order valence-corrected chi connectivity index (χ0v) is 17.9. The lowest BCUT2D eigenvalue weighted by Gasteiger charge is -2.17. The number of ether oxygens (including phenoxy) is 1. The smallest absolute Gasteiger partial charge is 0.164 e. The first-order chi connectivity index (χ1) is 13.0. The summed E-state index contributed by atoms with van der Waals surface area (Å²) in [6.45, 7) is 0. The van der Waals surface area contributed by atoms with E-state index in [2.05, 4.69) is 28.1 Å². The molecular formula is C22H18BrClO2S. The molecule has 1 atom stereocenters. The molecule has 0 saturated carbocycles. The highest BCUT2D eigenvalue weighted by Gasteiger charge is 2.19. The maximum absolute atomic E-state index is 12.9. The molecule has 3 aromatic carbocycles. The van der Waals surface area contributed by atoms with Crippen LogP contribution in [0.3, 0.4) is 0 Å². The molecule has 0 spiro atoms. The van der Waals surface area contributed by atoms with Gasteiger partial charge in [-0.2, -0.15) is 0 Å². The van der Waals surface area contributed by atoms with Gasteiger partial charge >= 0.3 is 0 Å². The van der Waals surface area contributed by atoms with E-state index in [0.717, 1.165) is 20.7 Å². The van der Waals surface area contributed by atoms with Gasteiger partial charge in [-0.05, 0) is 66.2 Å². The summed E-state index contributed by atoms with van der Waals surface area (Å²) in [5, 5.41) is 0.686. The van der Waals surface area contributed by atoms with E-state index in [-0.39, 0.29) is 11.0 Å². The lowest BCUT2D eigenvalue weighted by Crippen LogP contribution is -2.05. The van der Waals surface area contributed by atoms with Gasteiger partial charge in [-0.25, -0.2) is 0 Å². The number of benzene rings is 3. The largest absolute Gasteiger partial charge is 0.497 e. The van der Waals surface area contributed by atoms with E-state index in [1.165, 1.54) is 0 Å². The second kappa shape index (κ2) is 9.45. The summed E-state index contributed by atoms with van der Waals surface area (Å²) >= 11 is 11.2. The SMILES string of the molecule is COc1ccc(C(=O)C[C@@H](Sc2ccc(Br)cc2)c2ccc(Cl)cc2)cc1. The van der Waals surface area contributed by atoms with Crippen molar-refractivity contribution in [1.29, 1.82) is 0 Å². The van der Waals surface area contributed by atoms with Gasteiger partial charge in [-0.3, -0.25) is 4.79 Å². The van der Waals surface area contributed by atoms with Crippen LogP contribution in [-0.4, -0.2) is 12.9 Å². The molecule has 0 bridgehead atoms. The summed E-state index contributed by atoms with van der Waals surface area (Å²) in [6.07, 6.45) is 0.398. The zero-order chi connectivity index (χ0) is 19.2. The Hall–Kier alpha value is -1.75. The molecule has 3 aromatic rings. The van der Waals surface area contributed by atoms with Crippen molar-refractivity contribution < 1.29 is 9.53 Å². The number of methoxy groups -OCH3 is 1. The van der Waals surface area contributed by atoms with E-state index in [9.17, 15) is 4.79 Å². The number of hydrogen-bond donors (Lipinski definition) is 0. The Morgan fingerprint density at radius 2 is 1.63 bits per heavy atom. The van der Waals surface area contributed by atoms with Crippen molar-refractivity contribution in [2.75, 3.05) is 7.11 Å². The number of carbonyl (C=O) groups is 1. The fourth-order valence-corrected chi connectivity index (χ4v) is 4.19. The Morgan fingerprint density at radius 3 is 2.22 bits per heavy atom. The molecular weight excluding hydrogens is 444 g/mol. The van der Waals surface area contributed by atoms with Gasteiger partial charge in [-0.15, -0.1) is 11.8 Å². The van der Waals surface area contributed by atoms with Crippen LogP contribution in [0.2, 0.25) is 5.02 Å². The van der Waals surface area contributed by atoms with Crippen LogP contribution in [0.5, 0.6) is 5.75 Å². The van der Waals surface area contributed by atoms with Crippen molar-refractivity contribution in [3.8, 4) is 5.75 Å². The molecule has 0 N–H and O–H groups in total. The highest BCUT2D eigenvalue weighted by molar-refractivity contribution is 9.10. The van der Waals surface area contributed by atoms with Gasteiger partial charge in [0.15, 0.2) is 5.78 Å². The number of rotatable bonds is 7. The zero-order valence-electron chi connectivity index (χ0n) is 14.7. The predicted octanol–water partition coefficient (Wildman–Crippen LogP) is 7.22. The Balaban J connectivity index is 1.82. The molecule has 138 valence electrons. The minimum Gasteiger partial charge on any atom is -0.497 e. The van der Waals surface area contributed by atoms with E-state index in [0.29, 0.717) is 17.0 Å². The molecule has 0 aliphatic heterocycles. The van der Waals surface area contributed by atoms with Gasteiger partial charge in [0, 0.05) is 31.6 Å². The molecule has 5 heteroatoms. The Bertz CT molecular complexity index is 893. The molecule has 0 aromatic heterocycles. The molecule has 0 aliphatic rings. The van der Waals surface area contributed by atoms with Crippen molar-refractivity contribution in [1.82, 2.24) is 0 Å². The fraction of sp³-hybridized carbons (Fsp3) is 0.136. The number of halogens is 2. The number of thioether (sulfide) groups is 1. The number of hydrogen-bond acceptors (Lipinski definition) is 3. The third-order valence-electron chi connectivity index (χ3n) is 4.12. The van der Waals surface area contributed by atoms with Crippen molar-refractivity contribution in [2.45, 2.75) is 16.6 Å². The molecule has 0 amide bonds. The average molecular weight is 462 g/mol. The monoisotopic (exact) mass is 460 g/mol. The van der Waals surface area contributed by atoms with Crippen molar-refractivity contribution in [2.24, 2.45) is 0 Å². The molecule has 0 aliphatic carbocycles. The van der Waals surface area contributed by atoms with Crippen molar-refractivity contribution in [3.05, 3.63) is 93.4 Å². The Kier molecular flexibility index (Phi) is 7.00. The molecule has 3 rings (SSSR count). The Morgan fingerprint density at radius 1 is 1.00 bits per heavy atom. The Labute approximate surface area is 177 Å². The summed E-state index contributed by atoms with van der Waals surface area (Å²) in [5.41, 5.74) is 1.76. The third-order valence-corrected chi connectivity index (χ3v) is 6.16. The number of Topliss-reactive ketones (excluding diaryl/α,β-unsaturated/α-hetero) is 1. The van der Waals surface area contributed by atoms with Gasteiger partial charge < -0.3 is 4.74 Å². The predicted molar refractivity (Wildman–Crippen MR) is 116 cm³/mol. The molecule has 27 heavy (non-hydrogen) atoms. The first-order valence-corrected chi connectivity index (χ1v) is 10.4. The highest BCUT2D eigenvalue weighted by Crippen LogP contribution is 2.39. The van der Waals surface area contributed by atoms with Crippen LogP contribution in [0.1, 0.15) is 27.6 Å². The standard InChI is InChI=1S/C22H18BrClO2S/c1-26-19-10-4-15(5-11-19)21(25)14-22(16-2-8-18(24)9-3-16)27-20-12-6-17(23)7-13-20/h2-13,22H,14H2,1H3/t22-/m1/s1. The third kappa shape index (κ3) is 5.61. The molecule has 0 fully saturated rings. The average Bonchev–Trinajstić information content (AvgIpc) is 2.70.